The van der Waals surface area contributed by atoms with E-state index in [0.29, 0.717) is 31.4 Å². The summed E-state index contributed by atoms with van der Waals surface area (Å²) in [5.41, 5.74) is 2.14. The van der Waals surface area contributed by atoms with Crippen LogP contribution in [0.15, 0.2) is 72.4 Å². The maximum absolute atomic E-state index is 13.3. The minimum atomic E-state index is -0.975. The van der Waals surface area contributed by atoms with Crippen molar-refractivity contribution in [2.45, 2.75) is 102 Å². The number of methoxy groups -OCH3 is 1. The van der Waals surface area contributed by atoms with Gasteiger partial charge in [-0.2, -0.15) is 0 Å². The molecule has 0 aromatic carbocycles. The normalized spacial score (nSPS) is 31.6. The van der Waals surface area contributed by atoms with Crippen LogP contribution in [-0.4, -0.2) is 60.3 Å². The topological polar surface area (TPSA) is 97.9 Å². The molecule has 41 heavy (non-hydrogen) atoms. The molecule has 0 aromatic rings. The van der Waals surface area contributed by atoms with Gasteiger partial charge in [-0.15, -0.1) is 6.58 Å². The molecule has 1 aliphatic carbocycles. The van der Waals surface area contributed by atoms with Gasteiger partial charge in [0.1, 0.15) is 23.4 Å². The lowest BCUT2D eigenvalue weighted by atomic mass is 9.68. The lowest BCUT2D eigenvalue weighted by molar-refractivity contribution is -0.168. The van der Waals surface area contributed by atoms with Gasteiger partial charge < -0.3 is 24.1 Å². The van der Waals surface area contributed by atoms with E-state index in [2.05, 4.69) is 53.5 Å². The highest BCUT2D eigenvalue weighted by molar-refractivity contribution is 5.88. The third kappa shape index (κ3) is 7.97. The Balaban J connectivity index is 1.65. The quantitative estimate of drug-likeness (QED) is 0.0730. The van der Waals surface area contributed by atoms with Crippen molar-refractivity contribution in [3.63, 3.8) is 0 Å². The van der Waals surface area contributed by atoms with E-state index >= 15 is 0 Å². The molecular formula is C34H48O7. The highest BCUT2D eigenvalue weighted by atomic mass is 16.6. The molecular weight excluding hydrogens is 520 g/mol. The van der Waals surface area contributed by atoms with Crippen LogP contribution in [0.2, 0.25) is 0 Å². The summed E-state index contributed by atoms with van der Waals surface area (Å²) >= 11 is 0. The first-order valence-corrected chi connectivity index (χ1v) is 14.7. The molecule has 1 spiro atoms. The van der Waals surface area contributed by atoms with Gasteiger partial charge in [-0.3, -0.25) is 0 Å². The number of hydrogen-bond acceptors (Lipinski definition) is 6. The van der Waals surface area contributed by atoms with Gasteiger partial charge in [0.05, 0.1) is 18.6 Å². The zero-order chi connectivity index (χ0) is 30.4. The summed E-state index contributed by atoms with van der Waals surface area (Å²) in [7, 11) is 1.67. The zero-order valence-corrected chi connectivity index (χ0v) is 25.4. The molecule has 1 saturated carbocycles. The Bertz CT molecular complexity index is 1100. The Morgan fingerprint density at radius 1 is 1.20 bits per heavy atom. The van der Waals surface area contributed by atoms with Crippen LogP contribution in [0.3, 0.4) is 0 Å². The molecule has 0 bridgehead atoms. The lowest BCUT2D eigenvalue weighted by Crippen LogP contribution is -2.55. The van der Waals surface area contributed by atoms with Crippen LogP contribution in [0.4, 0.5) is 0 Å². The molecule has 1 N–H and O–H groups in total. The van der Waals surface area contributed by atoms with Crippen LogP contribution in [0.25, 0.3) is 0 Å². The minimum Gasteiger partial charge on any atom is -0.478 e. The number of hydrogen-bond donors (Lipinski definition) is 1. The first kappa shape index (κ1) is 32.8. The fourth-order valence-corrected chi connectivity index (χ4v) is 6.23. The van der Waals surface area contributed by atoms with Gasteiger partial charge in [-0.1, -0.05) is 62.5 Å². The number of aliphatic carboxylic acids is 1. The maximum Gasteiger partial charge on any atom is 0.333 e. The number of allylic oxidation sites excluding steroid dienone is 6. The average molecular weight is 569 g/mol. The van der Waals surface area contributed by atoms with Gasteiger partial charge in [-0.25, -0.2) is 9.59 Å². The summed E-state index contributed by atoms with van der Waals surface area (Å²) in [6.07, 6.45) is 12.7. The first-order valence-electron chi connectivity index (χ1n) is 14.7. The molecule has 7 atom stereocenters. The van der Waals surface area contributed by atoms with Gasteiger partial charge in [0.15, 0.2) is 0 Å². The van der Waals surface area contributed by atoms with Crippen LogP contribution < -0.4 is 0 Å². The molecule has 2 saturated heterocycles. The number of ether oxygens (including phenoxy) is 4. The van der Waals surface area contributed by atoms with Gasteiger partial charge in [0, 0.05) is 18.3 Å². The number of rotatable bonds is 16. The second-order valence-corrected chi connectivity index (χ2v) is 12.0. The Morgan fingerprint density at radius 2 is 1.90 bits per heavy atom. The van der Waals surface area contributed by atoms with Crippen molar-refractivity contribution in [3.05, 3.63) is 72.4 Å². The van der Waals surface area contributed by atoms with E-state index in [1.54, 1.807) is 31.4 Å². The Morgan fingerprint density at radius 3 is 2.44 bits per heavy atom. The fourth-order valence-electron chi connectivity index (χ4n) is 6.23. The van der Waals surface area contributed by atoms with Gasteiger partial charge in [0.2, 0.25) is 0 Å². The monoisotopic (exact) mass is 568 g/mol. The summed E-state index contributed by atoms with van der Waals surface area (Å²) in [6.45, 7) is 20.6. The number of esters is 1. The molecule has 2 unspecified atom stereocenters. The highest BCUT2D eigenvalue weighted by Gasteiger charge is 2.72. The van der Waals surface area contributed by atoms with Crippen LogP contribution in [0.1, 0.15) is 72.6 Å². The number of carboxylic acids is 1. The largest absolute Gasteiger partial charge is 0.478 e. The number of carboxylic acid groups (broad SMARTS) is 1. The van der Waals surface area contributed by atoms with Crippen molar-refractivity contribution in [1.29, 1.82) is 0 Å². The Hall–Kier alpha value is -2.74. The molecule has 3 aliphatic rings. The number of carbonyl (C=O) groups excluding carboxylic acids is 1. The lowest BCUT2D eigenvalue weighted by Gasteiger charge is -2.42. The molecule has 2 heterocycles. The van der Waals surface area contributed by atoms with E-state index in [1.165, 1.54) is 5.57 Å². The third-order valence-electron chi connectivity index (χ3n) is 8.82. The molecule has 226 valence electrons. The second-order valence-electron chi connectivity index (χ2n) is 12.0. The molecule has 0 aromatic heterocycles. The third-order valence-corrected chi connectivity index (χ3v) is 8.82. The smallest absolute Gasteiger partial charge is 0.333 e. The molecule has 7 nitrogen and oxygen atoms in total. The summed E-state index contributed by atoms with van der Waals surface area (Å²) in [4.78, 5) is 24.7. The van der Waals surface area contributed by atoms with Crippen molar-refractivity contribution in [1.82, 2.24) is 0 Å². The molecule has 7 heteroatoms. The predicted molar refractivity (Wildman–Crippen MR) is 160 cm³/mol. The summed E-state index contributed by atoms with van der Waals surface area (Å²) in [6, 6.07) is 0. The minimum absolute atomic E-state index is 0.0381. The van der Waals surface area contributed by atoms with E-state index < -0.39 is 23.6 Å². The van der Waals surface area contributed by atoms with Crippen molar-refractivity contribution >= 4 is 11.9 Å². The number of epoxide rings is 2. The molecule has 2 aliphatic heterocycles. The van der Waals surface area contributed by atoms with Crippen molar-refractivity contribution < 1.29 is 33.6 Å². The molecule has 3 fully saturated rings. The Labute approximate surface area is 245 Å². The first-order chi connectivity index (χ1) is 19.4. The second kappa shape index (κ2) is 14.0. The van der Waals surface area contributed by atoms with E-state index in [4.69, 9.17) is 18.9 Å². The van der Waals surface area contributed by atoms with Gasteiger partial charge >= 0.3 is 11.9 Å². The molecule has 3 rings (SSSR count). The van der Waals surface area contributed by atoms with Gasteiger partial charge in [-0.05, 0) is 70.8 Å². The van der Waals surface area contributed by atoms with Crippen molar-refractivity contribution in [2.75, 3.05) is 13.7 Å². The summed E-state index contributed by atoms with van der Waals surface area (Å²) in [5, 5.41) is 9.36. The SMILES string of the molecule is C=CC/C(=C\C=C(/C=C)CC(CC)CC(=C)C(=O)O[C@@H]1CC[C@]2(CO2)[C@@H]([C@@]2(C)OC2CC=C(C)C)[C@@H]1OC)C(=O)O. The predicted octanol–water partition coefficient (Wildman–Crippen LogP) is 6.67. The maximum atomic E-state index is 13.3. The number of carbonyl (C=O) groups is 2. The van der Waals surface area contributed by atoms with Crippen LogP contribution in [0, 0.1) is 11.8 Å². The van der Waals surface area contributed by atoms with E-state index in [1.807, 2.05) is 0 Å². The summed E-state index contributed by atoms with van der Waals surface area (Å²) in [5.74, 6) is -1.30. The van der Waals surface area contributed by atoms with Crippen molar-refractivity contribution in [2.24, 2.45) is 11.8 Å². The summed E-state index contributed by atoms with van der Waals surface area (Å²) < 4.78 is 24.3. The van der Waals surface area contributed by atoms with Crippen molar-refractivity contribution in [3.8, 4) is 0 Å². The highest BCUT2D eigenvalue weighted by Crippen LogP contribution is 2.59. The standard InChI is InChI=1S/C34H48O7/c1-9-12-26(31(35)36)15-14-24(10-2)20-25(11-3)19-23(6)32(37)40-27-17-18-34(21-39-34)30(29(27)38-8)33(7)28(41-33)16-13-22(4)5/h9-10,13-15,25,27-30H,1-2,6,11-12,16-21H2,3-5,7-8H3,(H,35,36)/b24-14+,26-15+/t25?,27-,28?,29-,30-,33+,34+/m1/s1. The van der Waals surface area contributed by atoms with E-state index in [9.17, 15) is 14.7 Å². The van der Waals surface area contributed by atoms with E-state index in [-0.39, 0.29) is 41.6 Å². The van der Waals surface area contributed by atoms with Crippen LogP contribution in [0.5, 0.6) is 0 Å². The Kier molecular flexibility index (Phi) is 11.1. The van der Waals surface area contributed by atoms with Crippen LogP contribution >= 0.6 is 0 Å². The van der Waals surface area contributed by atoms with Crippen LogP contribution in [-0.2, 0) is 28.5 Å². The molecule has 0 radical (unpaired) electrons. The average Bonchev–Trinajstić information content (AvgIpc) is 3.85. The molecule has 0 amide bonds. The van der Waals surface area contributed by atoms with E-state index in [0.717, 1.165) is 24.8 Å². The zero-order valence-electron chi connectivity index (χ0n) is 25.4. The fraction of sp³-hybridized carbons (Fsp3) is 0.588. The van der Waals surface area contributed by atoms with Gasteiger partial charge in [0.25, 0.3) is 0 Å².